The van der Waals surface area contributed by atoms with Gasteiger partial charge in [-0.25, -0.2) is 8.42 Å². The molecule has 0 amide bonds. The van der Waals surface area contributed by atoms with E-state index < -0.39 is 9.84 Å². The third-order valence-electron chi connectivity index (χ3n) is 2.04. The first kappa shape index (κ1) is 10.4. The average Bonchev–Trinajstić information content (AvgIpc) is 2.50. The van der Waals surface area contributed by atoms with Crippen LogP contribution in [0.15, 0.2) is 29.9 Å². The molecule has 0 spiro atoms. The molecule has 80 valence electrons. The van der Waals surface area contributed by atoms with Crippen LogP contribution in [0.1, 0.15) is 0 Å². The van der Waals surface area contributed by atoms with Gasteiger partial charge in [0.15, 0.2) is 9.84 Å². The van der Waals surface area contributed by atoms with E-state index in [9.17, 15) is 8.42 Å². The molecule has 0 aliphatic carbocycles. The lowest BCUT2D eigenvalue weighted by Crippen LogP contribution is -2.21. The number of nitrogens with one attached hydrogen (secondary N) is 1. The van der Waals surface area contributed by atoms with E-state index >= 15 is 0 Å². The molecule has 1 unspecified atom stereocenters. The van der Waals surface area contributed by atoms with Gasteiger partial charge in [-0.1, -0.05) is 17.7 Å². The van der Waals surface area contributed by atoms with Gasteiger partial charge in [-0.05, 0) is 6.07 Å². The summed E-state index contributed by atoms with van der Waals surface area (Å²) in [6, 6.07) is 1.50. The number of nitrogens with zero attached hydrogens (tertiary/aromatic N) is 1. The third kappa shape index (κ3) is 2.49. The number of hydrogen-bond donors (Lipinski definition) is 1. The molecule has 4 nitrogen and oxygen atoms in total. The molecule has 1 atom stereocenters. The van der Waals surface area contributed by atoms with Gasteiger partial charge in [0.2, 0.25) is 0 Å². The summed E-state index contributed by atoms with van der Waals surface area (Å²) >= 11 is 5.88. The zero-order valence-corrected chi connectivity index (χ0v) is 9.29. The minimum atomic E-state index is -3.03. The molecule has 0 fully saturated rings. The maximum atomic E-state index is 11.1. The Hall–Kier alpha value is -1.07. The molecule has 0 saturated heterocycles. The van der Waals surface area contributed by atoms with Crippen molar-refractivity contribution in [2.45, 2.75) is 6.04 Å². The highest BCUT2D eigenvalue weighted by atomic mass is 35.5. The molecule has 0 bridgehead atoms. The van der Waals surface area contributed by atoms with Crippen molar-refractivity contribution in [1.82, 2.24) is 4.98 Å². The van der Waals surface area contributed by atoms with E-state index in [2.05, 4.69) is 10.3 Å². The van der Waals surface area contributed by atoms with Crippen molar-refractivity contribution in [2.75, 3.05) is 11.1 Å². The van der Waals surface area contributed by atoms with Crippen molar-refractivity contribution in [3.8, 4) is 0 Å². The van der Waals surface area contributed by atoms with Crippen LogP contribution in [0, 0.1) is 0 Å². The molecule has 1 aromatic heterocycles. The quantitative estimate of drug-likeness (QED) is 0.856. The fraction of sp³-hybridized carbons (Fsp3) is 0.222. The largest absolute Gasteiger partial charge is 0.376 e. The number of pyridine rings is 1. The lowest BCUT2D eigenvalue weighted by atomic mass is 10.3. The Morgan fingerprint density at radius 3 is 2.93 bits per heavy atom. The van der Waals surface area contributed by atoms with Crippen molar-refractivity contribution >= 4 is 27.1 Å². The van der Waals surface area contributed by atoms with E-state index in [1.54, 1.807) is 18.3 Å². The maximum Gasteiger partial charge on any atom is 0.173 e. The van der Waals surface area contributed by atoms with Crippen LogP contribution in [0.3, 0.4) is 0 Å². The standard InChI is InChI=1S/C9H9ClN2O2S/c10-8-5-11-3-1-9(8)12-7-2-4-15(13,14)6-7/h1-5,7H,6H2,(H,11,12). The summed E-state index contributed by atoms with van der Waals surface area (Å²) in [5.41, 5.74) is 0.693. The predicted octanol–water partition coefficient (Wildman–Crippen LogP) is 1.46. The van der Waals surface area contributed by atoms with Crippen molar-refractivity contribution in [3.63, 3.8) is 0 Å². The van der Waals surface area contributed by atoms with E-state index in [1.165, 1.54) is 11.6 Å². The second-order valence-electron chi connectivity index (χ2n) is 3.26. The fourth-order valence-electron chi connectivity index (χ4n) is 1.36. The molecule has 2 rings (SSSR count). The first-order valence-corrected chi connectivity index (χ1v) is 6.43. The highest BCUT2D eigenvalue weighted by molar-refractivity contribution is 7.94. The van der Waals surface area contributed by atoms with Gasteiger partial charge in [0, 0.05) is 17.8 Å². The highest BCUT2D eigenvalue weighted by Gasteiger charge is 2.21. The fourth-order valence-corrected chi connectivity index (χ4v) is 2.77. The number of halogens is 1. The van der Waals surface area contributed by atoms with Gasteiger partial charge in [0.1, 0.15) is 0 Å². The molecule has 0 saturated carbocycles. The highest BCUT2D eigenvalue weighted by Crippen LogP contribution is 2.22. The first-order valence-electron chi connectivity index (χ1n) is 4.34. The molecule has 0 radical (unpaired) electrons. The molecule has 0 aromatic carbocycles. The summed E-state index contributed by atoms with van der Waals surface area (Å²) in [5.74, 6) is 0.0751. The Morgan fingerprint density at radius 1 is 1.53 bits per heavy atom. The second-order valence-corrected chi connectivity index (χ2v) is 5.60. The summed E-state index contributed by atoms with van der Waals surface area (Å²) in [6.45, 7) is 0. The van der Waals surface area contributed by atoms with E-state index in [-0.39, 0.29) is 11.8 Å². The summed E-state index contributed by atoms with van der Waals surface area (Å²) in [5, 5.41) is 4.73. The predicted molar refractivity (Wildman–Crippen MR) is 59.6 cm³/mol. The number of aromatic nitrogens is 1. The number of sulfone groups is 1. The molecule has 1 aliphatic rings. The van der Waals surface area contributed by atoms with Gasteiger partial charge >= 0.3 is 0 Å². The van der Waals surface area contributed by atoms with E-state index in [4.69, 9.17) is 11.6 Å². The van der Waals surface area contributed by atoms with Gasteiger partial charge in [-0.15, -0.1) is 0 Å². The van der Waals surface area contributed by atoms with Crippen LogP contribution < -0.4 is 5.32 Å². The van der Waals surface area contributed by atoms with Crippen molar-refractivity contribution in [2.24, 2.45) is 0 Å². The zero-order chi connectivity index (χ0) is 10.9. The van der Waals surface area contributed by atoms with Gasteiger partial charge in [-0.2, -0.15) is 0 Å². The molecule has 6 heteroatoms. The van der Waals surface area contributed by atoms with Crippen LogP contribution in [-0.2, 0) is 9.84 Å². The maximum absolute atomic E-state index is 11.1. The van der Waals surface area contributed by atoms with Crippen LogP contribution in [0.4, 0.5) is 5.69 Å². The SMILES string of the molecule is O=S1(=O)C=CC(Nc2ccncc2Cl)C1. The molecule has 2 heterocycles. The van der Waals surface area contributed by atoms with Crippen molar-refractivity contribution in [3.05, 3.63) is 35.0 Å². The lowest BCUT2D eigenvalue weighted by Gasteiger charge is -2.12. The monoisotopic (exact) mass is 244 g/mol. The Morgan fingerprint density at radius 2 is 2.33 bits per heavy atom. The Balaban J connectivity index is 2.12. The van der Waals surface area contributed by atoms with Gasteiger partial charge in [-0.3, -0.25) is 4.98 Å². The van der Waals surface area contributed by atoms with E-state index in [0.29, 0.717) is 10.7 Å². The normalized spacial score (nSPS) is 22.9. The van der Waals surface area contributed by atoms with Gasteiger partial charge < -0.3 is 5.32 Å². The number of rotatable bonds is 2. The topological polar surface area (TPSA) is 59.1 Å². The minimum Gasteiger partial charge on any atom is -0.376 e. The average molecular weight is 245 g/mol. The summed E-state index contributed by atoms with van der Waals surface area (Å²) in [4.78, 5) is 3.84. The first-order chi connectivity index (χ1) is 7.07. The Bertz CT molecular complexity index is 499. The zero-order valence-electron chi connectivity index (χ0n) is 7.72. The minimum absolute atomic E-state index is 0.0751. The molecular formula is C9H9ClN2O2S. The number of hydrogen-bond acceptors (Lipinski definition) is 4. The second kappa shape index (κ2) is 3.83. The lowest BCUT2D eigenvalue weighted by molar-refractivity contribution is 0.605. The van der Waals surface area contributed by atoms with Crippen LogP contribution in [-0.4, -0.2) is 25.2 Å². The van der Waals surface area contributed by atoms with Crippen molar-refractivity contribution < 1.29 is 8.42 Å². The van der Waals surface area contributed by atoms with Crippen LogP contribution in [0.25, 0.3) is 0 Å². The summed E-state index contributed by atoms with van der Waals surface area (Å²) in [6.07, 6.45) is 4.73. The van der Waals surface area contributed by atoms with E-state index in [1.807, 2.05) is 0 Å². The molecule has 1 N–H and O–H groups in total. The van der Waals surface area contributed by atoms with Crippen LogP contribution in [0.5, 0.6) is 0 Å². The number of anilines is 1. The van der Waals surface area contributed by atoms with Crippen molar-refractivity contribution in [1.29, 1.82) is 0 Å². The molecule has 1 aliphatic heterocycles. The summed E-state index contributed by atoms with van der Waals surface area (Å²) in [7, 11) is -3.03. The summed E-state index contributed by atoms with van der Waals surface area (Å²) < 4.78 is 22.3. The molecule has 15 heavy (non-hydrogen) atoms. The molecular weight excluding hydrogens is 236 g/mol. The third-order valence-corrected chi connectivity index (χ3v) is 3.74. The van der Waals surface area contributed by atoms with Crippen LogP contribution in [0.2, 0.25) is 5.02 Å². The Labute approximate surface area is 92.9 Å². The van der Waals surface area contributed by atoms with Crippen LogP contribution >= 0.6 is 11.6 Å². The molecule has 1 aromatic rings. The Kier molecular flexibility index (Phi) is 2.67. The smallest absolute Gasteiger partial charge is 0.173 e. The van der Waals surface area contributed by atoms with Gasteiger partial charge in [0.25, 0.3) is 0 Å². The van der Waals surface area contributed by atoms with Gasteiger partial charge in [0.05, 0.1) is 22.5 Å². The van der Waals surface area contributed by atoms with E-state index in [0.717, 1.165) is 0 Å².